The van der Waals surface area contributed by atoms with E-state index in [1.54, 1.807) is 24.2 Å². The SMILES string of the molecule is COc1ccccc1CNC(=O)c1cn(-c2cc(N(C)C)ncn2)cn1. The first-order valence-electron chi connectivity index (χ1n) is 8.02. The highest BCUT2D eigenvalue weighted by Crippen LogP contribution is 2.17. The van der Waals surface area contributed by atoms with Crippen LogP contribution in [-0.4, -0.2) is 46.6 Å². The molecule has 1 N–H and O–H groups in total. The van der Waals surface area contributed by atoms with E-state index in [-0.39, 0.29) is 5.91 Å². The molecule has 0 aliphatic rings. The summed E-state index contributed by atoms with van der Waals surface area (Å²) >= 11 is 0. The molecule has 0 aliphatic heterocycles. The van der Waals surface area contributed by atoms with Crippen LogP contribution in [0.3, 0.4) is 0 Å². The lowest BCUT2D eigenvalue weighted by molar-refractivity contribution is 0.0946. The Kier molecular flexibility index (Phi) is 5.12. The summed E-state index contributed by atoms with van der Waals surface area (Å²) in [7, 11) is 5.40. The van der Waals surface area contributed by atoms with Crippen molar-refractivity contribution in [3.63, 3.8) is 0 Å². The van der Waals surface area contributed by atoms with Crippen LogP contribution < -0.4 is 15.0 Å². The largest absolute Gasteiger partial charge is 0.496 e. The first-order chi connectivity index (χ1) is 12.6. The Morgan fingerprint density at radius 3 is 2.81 bits per heavy atom. The van der Waals surface area contributed by atoms with E-state index >= 15 is 0 Å². The van der Waals surface area contributed by atoms with Gasteiger partial charge in [0.1, 0.15) is 35.7 Å². The molecule has 0 saturated carbocycles. The average Bonchev–Trinajstić information content (AvgIpc) is 3.16. The quantitative estimate of drug-likeness (QED) is 0.726. The average molecular weight is 352 g/mol. The molecule has 8 nitrogen and oxygen atoms in total. The van der Waals surface area contributed by atoms with Gasteiger partial charge >= 0.3 is 0 Å². The normalized spacial score (nSPS) is 10.4. The number of carbonyl (C=O) groups is 1. The number of anilines is 1. The van der Waals surface area contributed by atoms with Crippen LogP contribution in [0, 0.1) is 0 Å². The molecule has 1 amide bonds. The van der Waals surface area contributed by atoms with Gasteiger partial charge in [-0.25, -0.2) is 15.0 Å². The number of rotatable bonds is 6. The molecular weight excluding hydrogens is 332 g/mol. The predicted octanol–water partition coefficient (Wildman–Crippen LogP) is 1.67. The zero-order chi connectivity index (χ0) is 18.5. The fraction of sp³-hybridized carbons (Fsp3) is 0.222. The van der Waals surface area contributed by atoms with Crippen molar-refractivity contribution in [2.24, 2.45) is 0 Å². The molecular formula is C18H20N6O2. The van der Waals surface area contributed by atoms with Crippen LogP contribution in [0.25, 0.3) is 5.82 Å². The molecule has 0 saturated heterocycles. The summed E-state index contributed by atoms with van der Waals surface area (Å²) in [6.45, 7) is 0.355. The van der Waals surface area contributed by atoms with E-state index in [2.05, 4.69) is 20.3 Å². The zero-order valence-electron chi connectivity index (χ0n) is 14.9. The maximum Gasteiger partial charge on any atom is 0.271 e. The molecule has 0 bridgehead atoms. The number of benzene rings is 1. The van der Waals surface area contributed by atoms with Gasteiger partial charge in [0.2, 0.25) is 0 Å². The number of nitrogens with one attached hydrogen (secondary N) is 1. The molecule has 0 radical (unpaired) electrons. The third-order valence-corrected chi connectivity index (χ3v) is 3.81. The number of aromatic nitrogens is 4. The molecule has 0 unspecified atom stereocenters. The Morgan fingerprint density at radius 1 is 1.23 bits per heavy atom. The lowest BCUT2D eigenvalue weighted by Gasteiger charge is -2.11. The van der Waals surface area contributed by atoms with Crippen molar-refractivity contribution in [1.82, 2.24) is 24.8 Å². The van der Waals surface area contributed by atoms with E-state index in [0.717, 1.165) is 17.1 Å². The lowest BCUT2D eigenvalue weighted by Crippen LogP contribution is -2.23. The van der Waals surface area contributed by atoms with Crippen molar-refractivity contribution in [1.29, 1.82) is 0 Å². The molecule has 2 heterocycles. The molecule has 2 aromatic heterocycles. The third kappa shape index (κ3) is 3.80. The van der Waals surface area contributed by atoms with Crippen molar-refractivity contribution in [3.8, 4) is 11.6 Å². The molecule has 1 aromatic carbocycles. The minimum absolute atomic E-state index is 0.267. The van der Waals surface area contributed by atoms with Crippen LogP contribution in [0.2, 0.25) is 0 Å². The number of nitrogens with zero attached hydrogens (tertiary/aromatic N) is 5. The summed E-state index contributed by atoms with van der Waals surface area (Å²) in [4.78, 5) is 26.8. The molecule has 0 fully saturated rings. The molecule has 0 aliphatic carbocycles. The maximum absolute atomic E-state index is 12.4. The van der Waals surface area contributed by atoms with Gasteiger partial charge in [0, 0.05) is 38.5 Å². The standard InChI is InChI=1S/C18H20N6O2/c1-23(2)16-8-17(21-11-20-16)24-10-14(22-12-24)18(25)19-9-13-6-4-5-7-15(13)26-3/h4-8,10-12H,9H2,1-3H3,(H,19,25). The van der Waals surface area contributed by atoms with Gasteiger partial charge in [-0.3, -0.25) is 9.36 Å². The van der Waals surface area contributed by atoms with Crippen molar-refractivity contribution in [3.05, 3.63) is 60.4 Å². The van der Waals surface area contributed by atoms with Crippen molar-refractivity contribution < 1.29 is 9.53 Å². The van der Waals surface area contributed by atoms with E-state index in [4.69, 9.17) is 4.74 Å². The maximum atomic E-state index is 12.4. The van der Waals surface area contributed by atoms with Crippen molar-refractivity contribution in [2.45, 2.75) is 6.54 Å². The first kappa shape index (κ1) is 17.4. The summed E-state index contributed by atoms with van der Waals surface area (Å²) < 4.78 is 6.97. The van der Waals surface area contributed by atoms with Crippen LogP contribution in [0.4, 0.5) is 5.82 Å². The lowest BCUT2D eigenvalue weighted by atomic mass is 10.2. The second-order valence-electron chi connectivity index (χ2n) is 5.79. The molecule has 0 atom stereocenters. The summed E-state index contributed by atoms with van der Waals surface area (Å²) in [5.74, 6) is 1.87. The number of para-hydroxylation sites is 1. The molecule has 0 spiro atoms. The van der Waals surface area contributed by atoms with Gasteiger partial charge in [0.15, 0.2) is 0 Å². The fourth-order valence-corrected chi connectivity index (χ4v) is 2.40. The van der Waals surface area contributed by atoms with Gasteiger partial charge in [-0.15, -0.1) is 0 Å². The van der Waals surface area contributed by atoms with Gasteiger partial charge in [-0.05, 0) is 6.07 Å². The fourth-order valence-electron chi connectivity index (χ4n) is 2.40. The van der Waals surface area contributed by atoms with Gasteiger partial charge in [-0.2, -0.15) is 0 Å². The molecule has 134 valence electrons. The molecule has 3 rings (SSSR count). The van der Waals surface area contributed by atoms with E-state index in [1.807, 2.05) is 49.3 Å². The predicted molar refractivity (Wildman–Crippen MR) is 97.6 cm³/mol. The number of hydrogen-bond acceptors (Lipinski definition) is 6. The minimum Gasteiger partial charge on any atom is -0.496 e. The summed E-state index contributed by atoms with van der Waals surface area (Å²) in [6, 6.07) is 9.36. The highest BCUT2D eigenvalue weighted by molar-refractivity contribution is 5.92. The number of methoxy groups -OCH3 is 1. The number of amides is 1. The number of carbonyl (C=O) groups excluding carboxylic acids is 1. The van der Waals surface area contributed by atoms with Crippen molar-refractivity contribution in [2.75, 3.05) is 26.1 Å². The Balaban J connectivity index is 1.71. The highest BCUT2D eigenvalue weighted by Gasteiger charge is 2.12. The second kappa shape index (κ2) is 7.64. The zero-order valence-corrected chi connectivity index (χ0v) is 14.9. The Labute approximate surface area is 151 Å². The van der Waals surface area contributed by atoms with Gasteiger partial charge < -0.3 is 15.0 Å². The van der Waals surface area contributed by atoms with E-state index < -0.39 is 0 Å². The summed E-state index contributed by atoms with van der Waals surface area (Å²) in [5, 5.41) is 2.85. The monoisotopic (exact) mass is 352 g/mol. The second-order valence-corrected chi connectivity index (χ2v) is 5.79. The Bertz CT molecular complexity index is 906. The Hall–Kier alpha value is -3.42. The molecule has 8 heteroatoms. The van der Waals surface area contributed by atoms with Gasteiger partial charge in [0.05, 0.1) is 7.11 Å². The minimum atomic E-state index is -0.267. The van der Waals surface area contributed by atoms with Crippen molar-refractivity contribution >= 4 is 11.7 Å². The summed E-state index contributed by atoms with van der Waals surface area (Å²) in [5.41, 5.74) is 1.21. The Morgan fingerprint density at radius 2 is 2.04 bits per heavy atom. The van der Waals surface area contributed by atoms with E-state index in [0.29, 0.717) is 18.1 Å². The molecule has 26 heavy (non-hydrogen) atoms. The van der Waals surface area contributed by atoms with Crippen LogP contribution in [-0.2, 0) is 6.54 Å². The topological polar surface area (TPSA) is 85.2 Å². The highest BCUT2D eigenvalue weighted by atomic mass is 16.5. The van der Waals surface area contributed by atoms with E-state index in [1.165, 1.54) is 6.33 Å². The van der Waals surface area contributed by atoms with Gasteiger partial charge in [-0.1, -0.05) is 18.2 Å². The van der Waals surface area contributed by atoms with Gasteiger partial charge in [0.25, 0.3) is 5.91 Å². The number of ether oxygens (including phenoxy) is 1. The number of imidazole rings is 1. The smallest absolute Gasteiger partial charge is 0.271 e. The summed E-state index contributed by atoms with van der Waals surface area (Å²) in [6.07, 6.45) is 4.67. The number of hydrogen-bond donors (Lipinski definition) is 1. The third-order valence-electron chi connectivity index (χ3n) is 3.81. The van der Waals surface area contributed by atoms with Crippen LogP contribution in [0.15, 0.2) is 49.2 Å². The van der Waals surface area contributed by atoms with Crippen LogP contribution in [0.1, 0.15) is 16.1 Å². The van der Waals surface area contributed by atoms with E-state index in [9.17, 15) is 4.79 Å². The van der Waals surface area contributed by atoms with Crippen LogP contribution in [0.5, 0.6) is 5.75 Å². The first-order valence-corrected chi connectivity index (χ1v) is 8.02. The van der Waals surface area contributed by atoms with Crippen LogP contribution >= 0.6 is 0 Å². The molecule has 3 aromatic rings.